The minimum absolute atomic E-state index is 0.00778. The molecule has 7 heteroatoms. The maximum Gasteiger partial charge on any atom is 0.435 e. The van der Waals surface area contributed by atoms with Crippen molar-refractivity contribution in [2.75, 3.05) is 5.32 Å². The first kappa shape index (κ1) is 18.2. The lowest BCUT2D eigenvalue weighted by Gasteiger charge is -2.14. The van der Waals surface area contributed by atoms with Gasteiger partial charge in [0, 0.05) is 17.8 Å². The Morgan fingerprint density at radius 1 is 1.15 bits per heavy atom. The maximum absolute atomic E-state index is 13.7. The van der Waals surface area contributed by atoms with Crippen molar-refractivity contribution in [3.05, 3.63) is 47.3 Å². The maximum atomic E-state index is 13.7. The second-order valence-electron chi connectivity index (χ2n) is 6.56. The van der Waals surface area contributed by atoms with Crippen LogP contribution in [-0.4, -0.2) is 20.6 Å². The summed E-state index contributed by atoms with van der Waals surface area (Å²) < 4.78 is 42.3. The number of nitrogens with zero attached hydrogens (tertiary/aromatic N) is 3. The van der Waals surface area contributed by atoms with E-state index in [0.717, 1.165) is 12.0 Å². The Morgan fingerprint density at radius 2 is 1.81 bits per heavy atom. The zero-order chi connectivity index (χ0) is 19.1. The van der Waals surface area contributed by atoms with E-state index in [1.165, 1.54) is 4.52 Å². The van der Waals surface area contributed by atoms with E-state index < -0.39 is 11.9 Å². The van der Waals surface area contributed by atoms with Crippen LogP contribution in [0.4, 0.5) is 19.0 Å². The minimum atomic E-state index is -4.57. The molecule has 138 valence electrons. The Balaban J connectivity index is 2.32. The summed E-state index contributed by atoms with van der Waals surface area (Å²) in [4.78, 5) is 4.36. The van der Waals surface area contributed by atoms with Crippen LogP contribution in [0.3, 0.4) is 0 Å². The third-order valence-electron chi connectivity index (χ3n) is 4.33. The first-order valence-corrected chi connectivity index (χ1v) is 8.52. The van der Waals surface area contributed by atoms with Crippen molar-refractivity contribution in [1.29, 1.82) is 0 Å². The molecule has 0 amide bonds. The number of anilines is 1. The molecule has 0 spiro atoms. The second kappa shape index (κ2) is 6.63. The molecule has 1 unspecified atom stereocenters. The average molecular weight is 362 g/mol. The average Bonchev–Trinajstić information content (AvgIpc) is 2.95. The lowest BCUT2D eigenvalue weighted by atomic mass is 10.0. The van der Waals surface area contributed by atoms with Crippen molar-refractivity contribution < 1.29 is 13.2 Å². The van der Waals surface area contributed by atoms with E-state index in [0.29, 0.717) is 17.1 Å². The lowest BCUT2D eigenvalue weighted by Crippen LogP contribution is -2.17. The summed E-state index contributed by atoms with van der Waals surface area (Å²) >= 11 is 0. The number of nitrogens with one attached hydrogen (secondary N) is 1. The van der Waals surface area contributed by atoms with Gasteiger partial charge in [-0.15, -0.1) is 0 Å². The van der Waals surface area contributed by atoms with Crippen LogP contribution in [0.25, 0.3) is 16.8 Å². The number of rotatable bonds is 4. The van der Waals surface area contributed by atoms with Crippen LogP contribution in [0.5, 0.6) is 0 Å². The third kappa shape index (κ3) is 3.38. The molecule has 0 saturated heterocycles. The predicted molar refractivity (Wildman–Crippen MR) is 96.3 cm³/mol. The van der Waals surface area contributed by atoms with Gasteiger partial charge in [0.2, 0.25) is 0 Å². The largest absolute Gasteiger partial charge is 0.435 e. The highest BCUT2D eigenvalue weighted by Crippen LogP contribution is 2.39. The van der Waals surface area contributed by atoms with Gasteiger partial charge in [-0.1, -0.05) is 36.8 Å². The quantitative estimate of drug-likeness (QED) is 0.690. The Labute approximate surface area is 150 Å². The van der Waals surface area contributed by atoms with Crippen molar-refractivity contribution in [2.45, 2.75) is 46.3 Å². The Kier molecular flexibility index (Phi) is 4.64. The number of hydrogen-bond acceptors (Lipinski definition) is 3. The third-order valence-corrected chi connectivity index (χ3v) is 4.33. The van der Waals surface area contributed by atoms with Crippen LogP contribution < -0.4 is 5.32 Å². The van der Waals surface area contributed by atoms with Crippen LogP contribution in [0.1, 0.15) is 37.2 Å². The van der Waals surface area contributed by atoms with Gasteiger partial charge in [-0.2, -0.15) is 22.8 Å². The highest BCUT2D eigenvalue weighted by molar-refractivity contribution is 5.81. The molecule has 2 heterocycles. The Hall–Kier alpha value is -2.57. The van der Waals surface area contributed by atoms with Gasteiger partial charge in [0.15, 0.2) is 11.3 Å². The summed E-state index contributed by atoms with van der Waals surface area (Å²) in [5.41, 5.74) is 1.34. The van der Waals surface area contributed by atoms with Gasteiger partial charge in [-0.25, -0.2) is 4.98 Å². The number of benzene rings is 1. The molecule has 1 atom stereocenters. The summed E-state index contributed by atoms with van der Waals surface area (Å²) in [6.45, 7) is 7.63. The summed E-state index contributed by atoms with van der Waals surface area (Å²) in [7, 11) is 0. The molecular weight excluding hydrogens is 341 g/mol. The number of aryl methyl sites for hydroxylation is 2. The highest BCUT2D eigenvalue weighted by Gasteiger charge is 2.39. The molecule has 26 heavy (non-hydrogen) atoms. The van der Waals surface area contributed by atoms with Crippen molar-refractivity contribution in [1.82, 2.24) is 14.6 Å². The van der Waals surface area contributed by atoms with Gasteiger partial charge in [-0.05, 0) is 32.8 Å². The smallest absolute Gasteiger partial charge is 0.367 e. The van der Waals surface area contributed by atoms with Gasteiger partial charge < -0.3 is 5.32 Å². The molecule has 4 nitrogen and oxygen atoms in total. The van der Waals surface area contributed by atoms with Crippen molar-refractivity contribution >= 4 is 11.5 Å². The first-order valence-electron chi connectivity index (χ1n) is 8.52. The van der Waals surface area contributed by atoms with Crippen LogP contribution in [-0.2, 0) is 6.18 Å². The Morgan fingerprint density at radius 3 is 2.38 bits per heavy atom. The number of aromatic nitrogens is 3. The zero-order valence-corrected chi connectivity index (χ0v) is 15.1. The zero-order valence-electron chi connectivity index (χ0n) is 15.1. The van der Waals surface area contributed by atoms with E-state index in [1.807, 2.05) is 20.8 Å². The normalized spacial score (nSPS) is 13.2. The summed E-state index contributed by atoms with van der Waals surface area (Å²) in [6.07, 6.45) is -3.74. The molecule has 0 saturated carbocycles. The van der Waals surface area contributed by atoms with Crippen molar-refractivity contribution in [3.8, 4) is 11.1 Å². The monoisotopic (exact) mass is 362 g/mol. The molecule has 0 aliphatic carbocycles. The van der Waals surface area contributed by atoms with Crippen LogP contribution in [0.2, 0.25) is 0 Å². The van der Waals surface area contributed by atoms with Crippen molar-refractivity contribution in [3.63, 3.8) is 0 Å². The van der Waals surface area contributed by atoms with E-state index >= 15 is 0 Å². The fourth-order valence-corrected chi connectivity index (χ4v) is 2.78. The molecule has 3 aromatic rings. The molecular formula is C19H21F3N4. The molecule has 0 aliphatic rings. The van der Waals surface area contributed by atoms with Gasteiger partial charge >= 0.3 is 6.18 Å². The lowest BCUT2D eigenvalue weighted by molar-refractivity contribution is -0.140. The molecule has 0 bridgehead atoms. The first-order chi connectivity index (χ1) is 12.2. The van der Waals surface area contributed by atoms with E-state index in [1.54, 1.807) is 37.3 Å². The molecule has 0 aliphatic heterocycles. The summed E-state index contributed by atoms with van der Waals surface area (Å²) in [5.74, 6) is 0.505. The molecule has 0 fully saturated rings. The molecule has 1 aromatic carbocycles. The predicted octanol–water partition coefficient (Wildman–Crippen LogP) is 5.24. The fraction of sp³-hybridized carbons (Fsp3) is 0.368. The highest BCUT2D eigenvalue weighted by atomic mass is 19.4. The summed E-state index contributed by atoms with van der Waals surface area (Å²) in [5, 5.41) is 7.10. The van der Waals surface area contributed by atoms with Gasteiger partial charge in [0.05, 0.1) is 5.56 Å². The van der Waals surface area contributed by atoms with Gasteiger partial charge in [-0.3, -0.25) is 0 Å². The van der Waals surface area contributed by atoms with Crippen LogP contribution >= 0.6 is 0 Å². The molecule has 0 radical (unpaired) electrons. The number of alkyl halides is 3. The second-order valence-corrected chi connectivity index (χ2v) is 6.56. The van der Waals surface area contributed by atoms with E-state index in [2.05, 4.69) is 15.4 Å². The Bertz CT molecular complexity index is 927. The van der Waals surface area contributed by atoms with Gasteiger partial charge in [0.25, 0.3) is 0 Å². The standard InChI is InChI=1S/C19H21F3N4/c1-5-12(3)23-15-10-13(4)24-18-16(14-8-6-11(2)7-9-14)17(19(20,21)22)25-26(15)18/h6-10,12,23H,5H2,1-4H3. The molecule has 1 N–H and O–H groups in total. The number of fused-ring (bicyclic) bond motifs is 1. The number of hydrogen-bond donors (Lipinski definition) is 1. The van der Waals surface area contributed by atoms with E-state index in [-0.39, 0.29) is 17.3 Å². The number of halogens is 3. The summed E-state index contributed by atoms with van der Waals surface area (Å²) in [6, 6.07) is 8.73. The van der Waals surface area contributed by atoms with Crippen molar-refractivity contribution in [2.24, 2.45) is 0 Å². The van der Waals surface area contributed by atoms with Crippen LogP contribution in [0, 0.1) is 13.8 Å². The van der Waals surface area contributed by atoms with Gasteiger partial charge in [0.1, 0.15) is 5.82 Å². The molecule has 2 aromatic heterocycles. The van der Waals surface area contributed by atoms with Crippen LogP contribution in [0.15, 0.2) is 30.3 Å². The topological polar surface area (TPSA) is 42.2 Å². The van der Waals surface area contributed by atoms with E-state index in [9.17, 15) is 13.2 Å². The van der Waals surface area contributed by atoms with E-state index in [4.69, 9.17) is 0 Å². The minimum Gasteiger partial charge on any atom is -0.367 e. The molecule has 3 rings (SSSR count). The SMILES string of the molecule is CCC(C)Nc1cc(C)nc2c(-c3ccc(C)cc3)c(C(F)(F)F)nn12. The fourth-order valence-electron chi connectivity index (χ4n) is 2.78.